The number of benzene rings is 1. The first-order chi connectivity index (χ1) is 9.29. The molecule has 19 heavy (non-hydrogen) atoms. The van der Waals surface area contributed by atoms with Crippen molar-refractivity contribution in [2.75, 3.05) is 6.54 Å². The molecule has 0 fully saturated rings. The second-order valence-corrected chi connectivity index (χ2v) is 4.67. The summed E-state index contributed by atoms with van der Waals surface area (Å²) in [5.74, 6) is 0. The summed E-state index contributed by atoms with van der Waals surface area (Å²) in [5.41, 5.74) is 11.0. The smallest absolute Gasteiger partial charge is 0.141 e. The van der Waals surface area contributed by atoms with Gasteiger partial charge in [0.2, 0.25) is 0 Å². The molecule has 0 aliphatic heterocycles. The predicted octanol–water partition coefficient (Wildman–Crippen LogP) is 2.43. The van der Waals surface area contributed by atoms with Crippen molar-refractivity contribution in [3.05, 3.63) is 47.9 Å². The molecule has 0 atom stereocenters. The fourth-order valence-corrected chi connectivity index (χ4v) is 2.39. The summed E-state index contributed by atoms with van der Waals surface area (Å²) < 4.78 is 0. The van der Waals surface area contributed by atoms with E-state index < -0.39 is 0 Å². The molecule has 0 aliphatic carbocycles. The van der Waals surface area contributed by atoms with Gasteiger partial charge in [0.1, 0.15) is 12.0 Å². The Kier molecular flexibility index (Phi) is 3.01. The maximum Gasteiger partial charge on any atom is 0.141 e. The van der Waals surface area contributed by atoms with E-state index in [1.54, 1.807) is 6.33 Å². The van der Waals surface area contributed by atoms with Crippen molar-refractivity contribution in [3.63, 3.8) is 0 Å². The van der Waals surface area contributed by atoms with Crippen molar-refractivity contribution < 1.29 is 0 Å². The van der Waals surface area contributed by atoms with E-state index in [1.807, 2.05) is 12.3 Å². The van der Waals surface area contributed by atoms with Crippen LogP contribution in [0.3, 0.4) is 0 Å². The van der Waals surface area contributed by atoms with Crippen LogP contribution < -0.4 is 5.73 Å². The highest BCUT2D eigenvalue weighted by atomic mass is 14.9. The molecular weight excluding hydrogens is 236 g/mol. The number of rotatable bonds is 3. The Labute approximate surface area is 111 Å². The summed E-state index contributed by atoms with van der Waals surface area (Å²) in [6, 6.07) is 8.35. The maximum absolute atomic E-state index is 5.67. The Morgan fingerprint density at radius 1 is 1.26 bits per heavy atom. The summed E-state index contributed by atoms with van der Waals surface area (Å²) in [6.07, 6.45) is 4.40. The molecule has 0 spiro atoms. The maximum atomic E-state index is 5.67. The van der Waals surface area contributed by atoms with E-state index in [2.05, 4.69) is 40.1 Å². The second kappa shape index (κ2) is 4.82. The number of hydrogen-bond donors (Lipinski definition) is 2. The van der Waals surface area contributed by atoms with E-state index in [0.717, 1.165) is 28.7 Å². The topological polar surface area (TPSA) is 67.6 Å². The highest BCUT2D eigenvalue weighted by Gasteiger charge is 2.12. The average Bonchev–Trinajstić information content (AvgIpc) is 2.83. The molecule has 0 saturated heterocycles. The van der Waals surface area contributed by atoms with Crippen molar-refractivity contribution >= 4 is 11.0 Å². The van der Waals surface area contributed by atoms with Gasteiger partial charge in [0.05, 0.1) is 5.69 Å². The third kappa shape index (κ3) is 2.11. The van der Waals surface area contributed by atoms with Gasteiger partial charge in [0.15, 0.2) is 0 Å². The minimum atomic E-state index is 0.620. The number of nitrogens with zero attached hydrogens (tertiary/aromatic N) is 2. The fraction of sp³-hybridized carbons (Fsp3) is 0.200. The van der Waals surface area contributed by atoms with E-state index in [-0.39, 0.29) is 0 Å². The molecule has 0 radical (unpaired) electrons. The summed E-state index contributed by atoms with van der Waals surface area (Å²) in [7, 11) is 0. The Bertz CT molecular complexity index is 715. The zero-order valence-electron chi connectivity index (χ0n) is 10.9. The van der Waals surface area contributed by atoms with Crippen molar-refractivity contribution in [1.82, 2.24) is 15.0 Å². The molecule has 2 heterocycles. The van der Waals surface area contributed by atoms with E-state index in [4.69, 9.17) is 5.73 Å². The van der Waals surface area contributed by atoms with E-state index in [9.17, 15) is 0 Å². The number of aromatic amines is 1. The van der Waals surface area contributed by atoms with Crippen LogP contribution in [0.4, 0.5) is 0 Å². The van der Waals surface area contributed by atoms with Gasteiger partial charge >= 0.3 is 0 Å². The number of aromatic nitrogens is 3. The molecule has 0 aliphatic rings. The summed E-state index contributed by atoms with van der Waals surface area (Å²) in [6.45, 7) is 2.70. The molecular formula is C15H16N4. The van der Waals surface area contributed by atoms with Gasteiger partial charge in [-0.2, -0.15) is 0 Å². The Balaban J connectivity index is 2.25. The molecule has 0 bridgehead atoms. The van der Waals surface area contributed by atoms with Gasteiger partial charge in [-0.25, -0.2) is 9.97 Å². The second-order valence-electron chi connectivity index (χ2n) is 4.67. The number of H-pyrrole nitrogens is 1. The number of aryl methyl sites for hydroxylation is 1. The average molecular weight is 252 g/mol. The highest BCUT2D eigenvalue weighted by molar-refractivity contribution is 5.93. The summed E-state index contributed by atoms with van der Waals surface area (Å²) in [4.78, 5) is 11.9. The number of hydrogen-bond acceptors (Lipinski definition) is 3. The van der Waals surface area contributed by atoms with Gasteiger partial charge in [0, 0.05) is 17.1 Å². The molecule has 96 valence electrons. The Hall–Kier alpha value is -2.20. The van der Waals surface area contributed by atoms with Gasteiger partial charge < -0.3 is 10.7 Å². The first kappa shape index (κ1) is 11.9. The first-order valence-electron chi connectivity index (χ1n) is 6.37. The van der Waals surface area contributed by atoms with Crippen LogP contribution in [0.2, 0.25) is 0 Å². The van der Waals surface area contributed by atoms with Gasteiger partial charge in [-0.3, -0.25) is 0 Å². The van der Waals surface area contributed by atoms with Crippen LogP contribution in [0.15, 0.2) is 36.8 Å². The van der Waals surface area contributed by atoms with Crippen LogP contribution in [-0.4, -0.2) is 21.5 Å². The van der Waals surface area contributed by atoms with Crippen LogP contribution in [0.25, 0.3) is 22.3 Å². The molecule has 3 N–H and O–H groups in total. The Morgan fingerprint density at radius 3 is 2.95 bits per heavy atom. The lowest BCUT2D eigenvalue weighted by Gasteiger charge is -2.05. The fourth-order valence-electron chi connectivity index (χ4n) is 2.39. The minimum absolute atomic E-state index is 0.620. The number of nitrogens with one attached hydrogen (secondary N) is 1. The number of nitrogens with two attached hydrogens (primary N) is 1. The highest BCUT2D eigenvalue weighted by Crippen LogP contribution is 2.28. The van der Waals surface area contributed by atoms with Crippen LogP contribution >= 0.6 is 0 Å². The van der Waals surface area contributed by atoms with E-state index in [0.29, 0.717) is 6.54 Å². The molecule has 0 saturated carbocycles. The predicted molar refractivity (Wildman–Crippen MR) is 76.8 cm³/mol. The third-order valence-electron chi connectivity index (χ3n) is 3.26. The molecule has 2 aromatic heterocycles. The minimum Gasteiger partial charge on any atom is -0.346 e. The summed E-state index contributed by atoms with van der Waals surface area (Å²) in [5, 5.41) is 1.08. The van der Waals surface area contributed by atoms with Crippen LogP contribution in [0.1, 0.15) is 11.1 Å². The zero-order chi connectivity index (χ0) is 13.2. The molecule has 1 aromatic carbocycles. The van der Waals surface area contributed by atoms with E-state index >= 15 is 0 Å². The summed E-state index contributed by atoms with van der Waals surface area (Å²) >= 11 is 0. The van der Waals surface area contributed by atoms with Gasteiger partial charge in [-0.15, -0.1) is 0 Å². The molecule has 3 rings (SSSR count). The zero-order valence-corrected chi connectivity index (χ0v) is 10.9. The quantitative estimate of drug-likeness (QED) is 0.752. The van der Waals surface area contributed by atoms with Crippen LogP contribution in [0, 0.1) is 6.92 Å². The lowest BCUT2D eigenvalue weighted by atomic mass is 10.0. The lowest BCUT2D eigenvalue weighted by molar-refractivity contribution is 0.976. The molecule has 0 unspecified atom stereocenters. The van der Waals surface area contributed by atoms with E-state index in [1.165, 1.54) is 11.1 Å². The van der Waals surface area contributed by atoms with Gasteiger partial charge in [0.25, 0.3) is 0 Å². The normalized spacial score (nSPS) is 11.1. The van der Waals surface area contributed by atoms with Crippen LogP contribution in [-0.2, 0) is 6.42 Å². The largest absolute Gasteiger partial charge is 0.346 e. The van der Waals surface area contributed by atoms with Gasteiger partial charge in [-0.05, 0) is 31.5 Å². The lowest BCUT2D eigenvalue weighted by Crippen LogP contribution is -2.02. The van der Waals surface area contributed by atoms with Crippen molar-refractivity contribution in [1.29, 1.82) is 0 Å². The standard InChI is InChI=1S/C15H16N4/c1-10-3-2-4-11(7-10)14-13-12(5-6-16)8-17-15(13)19-9-18-14/h2-4,7-9H,5-6,16H2,1H3,(H,17,18,19). The third-order valence-corrected chi connectivity index (χ3v) is 3.26. The molecule has 0 amide bonds. The molecule has 4 nitrogen and oxygen atoms in total. The van der Waals surface area contributed by atoms with Crippen molar-refractivity contribution in [2.24, 2.45) is 5.73 Å². The number of fused-ring (bicyclic) bond motifs is 1. The van der Waals surface area contributed by atoms with Crippen LogP contribution in [0.5, 0.6) is 0 Å². The first-order valence-corrected chi connectivity index (χ1v) is 6.37. The SMILES string of the molecule is Cc1cccc(-c2ncnc3[nH]cc(CCN)c23)c1. The van der Waals surface area contributed by atoms with Crippen molar-refractivity contribution in [3.8, 4) is 11.3 Å². The monoisotopic (exact) mass is 252 g/mol. The van der Waals surface area contributed by atoms with Crippen molar-refractivity contribution in [2.45, 2.75) is 13.3 Å². The van der Waals surface area contributed by atoms with Gasteiger partial charge in [-0.1, -0.05) is 23.8 Å². The molecule has 4 heteroatoms. The Morgan fingerprint density at radius 2 is 2.16 bits per heavy atom. The molecule has 3 aromatic rings.